The minimum absolute atomic E-state index is 0.0695. The van der Waals surface area contributed by atoms with Gasteiger partial charge in [0.15, 0.2) is 5.82 Å². The summed E-state index contributed by atoms with van der Waals surface area (Å²) in [6.07, 6.45) is 1.42. The van der Waals surface area contributed by atoms with Crippen molar-refractivity contribution in [2.75, 3.05) is 24.6 Å². The van der Waals surface area contributed by atoms with Gasteiger partial charge in [-0.3, -0.25) is 0 Å². The van der Waals surface area contributed by atoms with Crippen molar-refractivity contribution in [2.24, 2.45) is 0 Å². The number of nitrogens with zero attached hydrogens (tertiary/aromatic N) is 5. The van der Waals surface area contributed by atoms with E-state index in [0.717, 1.165) is 12.4 Å². The minimum Gasteiger partial charge on any atom is -0.367 e. The number of halogens is 1. The van der Waals surface area contributed by atoms with Crippen molar-refractivity contribution < 1.29 is 9.13 Å². The molecule has 0 radical (unpaired) electrons. The van der Waals surface area contributed by atoms with E-state index in [1.165, 1.54) is 6.07 Å². The lowest BCUT2D eigenvalue weighted by Gasteiger charge is -2.34. The molecule has 1 atom stereocenters. The fourth-order valence-electron chi connectivity index (χ4n) is 2.67. The maximum Gasteiger partial charge on any atom is 0.163 e. The van der Waals surface area contributed by atoms with Crippen molar-refractivity contribution in [3.05, 3.63) is 41.7 Å². The molecule has 1 saturated heterocycles. The topological polar surface area (TPSA) is 67.0 Å². The third kappa shape index (κ3) is 2.53. The van der Waals surface area contributed by atoms with Crippen LogP contribution in [0.15, 0.2) is 24.5 Å². The lowest BCUT2D eigenvalue weighted by molar-refractivity contribution is 0.0316. The molecule has 0 spiro atoms. The lowest BCUT2D eigenvalue weighted by atomic mass is 10.1. The van der Waals surface area contributed by atoms with E-state index in [2.05, 4.69) is 10.2 Å². The Balaban J connectivity index is 1.88. The van der Waals surface area contributed by atoms with Crippen LogP contribution in [-0.2, 0) is 11.3 Å². The molecular formula is C15H16FN5O. The number of ether oxygens (including phenoxy) is 1. The molecule has 0 aliphatic carbocycles. The number of aromatic nitrogens is 3. The molecule has 2 heterocycles. The van der Waals surface area contributed by atoms with Crippen LogP contribution in [0.4, 0.5) is 10.1 Å². The zero-order valence-electron chi connectivity index (χ0n) is 12.2. The Kier molecular flexibility index (Phi) is 4.02. The standard InChI is InChI=1S/C15H16FN5O/c1-2-20-10-18-19-15(20)14-9-21(6-7-22-14)13-5-3-4-12(16)11(13)8-17/h3-5,10,14H,2,6-7,9H2,1H3/t14-/m1/s1. The predicted molar refractivity (Wildman–Crippen MR) is 77.7 cm³/mol. The van der Waals surface area contributed by atoms with E-state index in [1.807, 2.05) is 22.5 Å². The van der Waals surface area contributed by atoms with Crippen molar-refractivity contribution in [2.45, 2.75) is 19.6 Å². The summed E-state index contributed by atoms with van der Waals surface area (Å²) in [4.78, 5) is 1.96. The number of hydrogen-bond donors (Lipinski definition) is 0. The summed E-state index contributed by atoms with van der Waals surface area (Å²) < 4.78 is 21.5. The van der Waals surface area contributed by atoms with Crippen LogP contribution in [0.5, 0.6) is 0 Å². The SMILES string of the molecule is CCn1cnnc1[C@H]1CN(c2cccc(F)c2C#N)CCO1. The van der Waals surface area contributed by atoms with Crippen molar-refractivity contribution in [1.82, 2.24) is 14.8 Å². The van der Waals surface area contributed by atoms with Gasteiger partial charge in [-0.25, -0.2) is 4.39 Å². The van der Waals surface area contributed by atoms with Crippen LogP contribution in [0.2, 0.25) is 0 Å². The van der Waals surface area contributed by atoms with Crippen LogP contribution in [0, 0.1) is 17.1 Å². The average molecular weight is 301 g/mol. The smallest absolute Gasteiger partial charge is 0.163 e. The molecular weight excluding hydrogens is 285 g/mol. The summed E-state index contributed by atoms with van der Waals surface area (Å²) in [5.41, 5.74) is 0.665. The summed E-state index contributed by atoms with van der Waals surface area (Å²) in [5.74, 6) is 0.252. The molecule has 1 fully saturated rings. The normalized spacial score (nSPS) is 18.2. The molecule has 0 amide bonds. The molecule has 22 heavy (non-hydrogen) atoms. The molecule has 1 aliphatic heterocycles. The van der Waals surface area contributed by atoms with Gasteiger partial charge in [-0.15, -0.1) is 10.2 Å². The number of rotatable bonds is 3. The van der Waals surface area contributed by atoms with E-state index in [9.17, 15) is 9.65 Å². The van der Waals surface area contributed by atoms with Gasteiger partial charge in [0, 0.05) is 13.1 Å². The Labute approximate surface area is 127 Å². The number of anilines is 1. The van der Waals surface area contributed by atoms with Crippen LogP contribution >= 0.6 is 0 Å². The van der Waals surface area contributed by atoms with Gasteiger partial charge >= 0.3 is 0 Å². The number of hydrogen-bond acceptors (Lipinski definition) is 5. The van der Waals surface area contributed by atoms with Crippen LogP contribution in [0.25, 0.3) is 0 Å². The number of benzene rings is 1. The zero-order valence-corrected chi connectivity index (χ0v) is 12.2. The number of nitriles is 1. The molecule has 1 aromatic heterocycles. The molecule has 0 bridgehead atoms. The highest BCUT2D eigenvalue weighted by atomic mass is 19.1. The number of morpholine rings is 1. The third-order valence-electron chi connectivity index (χ3n) is 3.78. The molecule has 1 aromatic carbocycles. The van der Waals surface area contributed by atoms with Crippen LogP contribution in [-0.4, -0.2) is 34.5 Å². The quantitative estimate of drug-likeness (QED) is 0.866. The second-order valence-electron chi connectivity index (χ2n) is 5.03. The van der Waals surface area contributed by atoms with Crippen molar-refractivity contribution in [1.29, 1.82) is 5.26 Å². The van der Waals surface area contributed by atoms with E-state index in [1.54, 1.807) is 18.5 Å². The largest absolute Gasteiger partial charge is 0.367 e. The Morgan fingerprint density at radius 3 is 3.14 bits per heavy atom. The van der Waals surface area contributed by atoms with E-state index in [4.69, 9.17) is 4.74 Å². The van der Waals surface area contributed by atoms with Gasteiger partial charge in [0.1, 0.15) is 29.9 Å². The number of aryl methyl sites for hydroxylation is 1. The van der Waals surface area contributed by atoms with Gasteiger partial charge in [0.05, 0.1) is 18.8 Å². The maximum atomic E-state index is 13.8. The molecule has 2 aromatic rings. The fourth-order valence-corrected chi connectivity index (χ4v) is 2.67. The van der Waals surface area contributed by atoms with Crippen LogP contribution in [0.3, 0.4) is 0 Å². The maximum absolute atomic E-state index is 13.8. The van der Waals surface area contributed by atoms with Gasteiger partial charge in [-0.1, -0.05) is 6.07 Å². The molecule has 114 valence electrons. The van der Waals surface area contributed by atoms with Crippen molar-refractivity contribution >= 4 is 5.69 Å². The molecule has 0 saturated carbocycles. The molecule has 0 N–H and O–H groups in total. The first-order valence-corrected chi connectivity index (χ1v) is 7.17. The zero-order chi connectivity index (χ0) is 15.5. The van der Waals surface area contributed by atoms with Crippen LogP contribution in [0.1, 0.15) is 24.4 Å². The molecule has 3 rings (SSSR count). The molecule has 0 unspecified atom stereocenters. The first-order valence-electron chi connectivity index (χ1n) is 7.17. The van der Waals surface area contributed by atoms with Gasteiger partial charge in [-0.2, -0.15) is 5.26 Å². The fraction of sp³-hybridized carbons (Fsp3) is 0.400. The lowest BCUT2D eigenvalue weighted by Crippen LogP contribution is -2.39. The monoisotopic (exact) mass is 301 g/mol. The van der Waals surface area contributed by atoms with Crippen molar-refractivity contribution in [3.8, 4) is 6.07 Å². The predicted octanol–water partition coefficient (Wildman–Crippen LogP) is 1.89. The van der Waals surface area contributed by atoms with E-state index < -0.39 is 5.82 Å². The molecule has 6 nitrogen and oxygen atoms in total. The highest BCUT2D eigenvalue weighted by Gasteiger charge is 2.27. The Morgan fingerprint density at radius 1 is 1.50 bits per heavy atom. The minimum atomic E-state index is -0.500. The van der Waals surface area contributed by atoms with E-state index >= 15 is 0 Å². The highest BCUT2D eigenvalue weighted by Crippen LogP contribution is 2.28. The summed E-state index contributed by atoms with van der Waals surface area (Å²) >= 11 is 0. The van der Waals surface area contributed by atoms with Gasteiger partial charge in [0.2, 0.25) is 0 Å². The van der Waals surface area contributed by atoms with Crippen molar-refractivity contribution in [3.63, 3.8) is 0 Å². The van der Waals surface area contributed by atoms with Gasteiger partial charge in [-0.05, 0) is 19.1 Å². The Morgan fingerprint density at radius 2 is 2.36 bits per heavy atom. The van der Waals surface area contributed by atoms with E-state index in [-0.39, 0.29) is 11.7 Å². The Bertz CT molecular complexity index is 708. The Hall–Kier alpha value is -2.46. The summed E-state index contributed by atoms with van der Waals surface area (Å²) in [6.45, 7) is 4.37. The van der Waals surface area contributed by atoms with E-state index in [0.29, 0.717) is 25.4 Å². The average Bonchev–Trinajstić information content (AvgIpc) is 3.03. The first-order chi connectivity index (χ1) is 10.7. The van der Waals surface area contributed by atoms with Crippen LogP contribution < -0.4 is 4.90 Å². The summed E-state index contributed by atoms with van der Waals surface area (Å²) in [6, 6.07) is 6.62. The second kappa shape index (κ2) is 6.12. The highest BCUT2D eigenvalue weighted by molar-refractivity contribution is 5.60. The third-order valence-corrected chi connectivity index (χ3v) is 3.78. The first kappa shape index (κ1) is 14.5. The van der Waals surface area contributed by atoms with Gasteiger partial charge < -0.3 is 14.2 Å². The molecule has 1 aliphatic rings. The second-order valence-corrected chi connectivity index (χ2v) is 5.03. The summed E-state index contributed by atoms with van der Waals surface area (Å²) in [7, 11) is 0. The summed E-state index contributed by atoms with van der Waals surface area (Å²) in [5, 5.41) is 17.2. The van der Waals surface area contributed by atoms with Gasteiger partial charge in [0.25, 0.3) is 0 Å². The molecule has 7 heteroatoms.